The lowest BCUT2D eigenvalue weighted by atomic mass is 9.99. The highest BCUT2D eigenvalue weighted by Crippen LogP contribution is 2.39. The van der Waals surface area contributed by atoms with Gasteiger partial charge in [0.25, 0.3) is 5.91 Å². The summed E-state index contributed by atoms with van der Waals surface area (Å²) in [7, 11) is 5.60. The Morgan fingerprint density at radius 3 is 1.87 bits per heavy atom. The fourth-order valence-electron chi connectivity index (χ4n) is 2.75. The molecule has 0 fully saturated rings. The molecule has 0 saturated heterocycles. The minimum Gasteiger partial charge on any atom is -0.493 e. The Labute approximate surface area is 174 Å². The number of amides is 1. The number of hydroxylamine groups is 1. The molecule has 0 bridgehead atoms. The molecule has 0 saturated carbocycles. The molecule has 0 spiro atoms. The first-order valence-corrected chi connectivity index (χ1v) is 8.80. The lowest BCUT2D eigenvalue weighted by Crippen LogP contribution is -2.24. The number of ether oxygens (including phenoxy) is 4. The second kappa shape index (κ2) is 10.7. The van der Waals surface area contributed by atoms with Gasteiger partial charge in [0.05, 0.1) is 39.6 Å². The molecule has 2 aromatic carbocycles. The summed E-state index contributed by atoms with van der Waals surface area (Å²) < 4.78 is 20.8. The third-order valence-electron chi connectivity index (χ3n) is 4.15. The number of hydrogen-bond acceptors (Lipinski definition) is 7. The lowest BCUT2D eigenvalue weighted by molar-refractivity contribution is -0.136. The third kappa shape index (κ3) is 5.18. The van der Waals surface area contributed by atoms with Crippen molar-refractivity contribution in [2.24, 2.45) is 0 Å². The van der Waals surface area contributed by atoms with Crippen molar-refractivity contribution >= 4 is 24.0 Å². The van der Waals surface area contributed by atoms with Crippen LogP contribution in [0.3, 0.4) is 0 Å². The Kier molecular flexibility index (Phi) is 8.01. The van der Waals surface area contributed by atoms with E-state index < -0.39 is 11.9 Å². The van der Waals surface area contributed by atoms with E-state index in [9.17, 15) is 14.8 Å². The van der Waals surface area contributed by atoms with Gasteiger partial charge in [-0.25, -0.2) is 10.3 Å². The minimum atomic E-state index is -0.872. The molecule has 2 aromatic rings. The molecule has 0 heterocycles. The second-order valence-electron chi connectivity index (χ2n) is 5.92. The summed E-state index contributed by atoms with van der Waals surface area (Å²) in [6, 6.07) is 12.1. The largest absolute Gasteiger partial charge is 0.493 e. The number of hydrogen-bond donors (Lipinski definition) is 2. The van der Waals surface area contributed by atoms with Crippen LogP contribution in [-0.4, -0.2) is 45.5 Å². The quantitative estimate of drug-likeness (QED) is 0.225. The van der Waals surface area contributed by atoms with E-state index in [1.165, 1.54) is 40.6 Å². The maximum atomic E-state index is 12.5. The first kappa shape index (κ1) is 22.5. The van der Waals surface area contributed by atoms with E-state index in [1.807, 2.05) is 6.07 Å². The van der Waals surface area contributed by atoms with Gasteiger partial charge in [-0.15, -0.1) is 0 Å². The van der Waals surface area contributed by atoms with Crippen molar-refractivity contribution in [2.75, 3.05) is 28.4 Å². The van der Waals surface area contributed by atoms with Gasteiger partial charge in [0.2, 0.25) is 5.75 Å². The second-order valence-corrected chi connectivity index (χ2v) is 5.92. The van der Waals surface area contributed by atoms with Gasteiger partial charge < -0.3 is 18.9 Å². The Morgan fingerprint density at radius 2 is 1.40 bits per heavy atom. The molecular weight excluding hydrogens is 390 g/mol. The van der Waals surface area contributed by atoms with Crippen molar-refractivity contribution in [2.45, 2.75) is 0 Å². The van der Waals surface area contributed by atoms with E-state index in [4.69, 9.17) is 18.9 Å². The van der Waals surface area contributed by atoms with Crippen LogP contribution >= 0.6 is 0 Å². The topological polar surface area (TPSA) is 103 Å². The van der Waals surface area contributed by atoms with Crippen molar-refractivity contribution in [3.63, 3.8) is 0 Å². The van der Waals surface area contributed by atoms with Crippen LogP contribution in [0.1, 0.15) is 11.1 Å². The molecule has 0 aliphatic carbocycles. The van der Waals surface area contributed by atoms with E-state index in [0.29, 0.717) is 28.4 Å². The summed E-state index contributed by atoms with van der Waals surface area (Å²) in [6.07, 6.45) is 2.90. The summed E-state index contributed by atoms with van der Waals surface area (Å²) in [4.78, 5) is 24.9. The highest BCUT2D eigenvalue weighted by atomic mass is 16.5. The van der Waals surface area contributed by atoms with Crippen LogP contribution in [0.5, 0.6) is 17.2 Å². The summed E-state index contributed by atoms with van der Waals surface area (Å²) in [5.41, 5.74) is 2.52. The van der Waals surface area contributed by atoms with Crippen LogP contribution < -0.4 is 19.7 Å². The number of rotatable bonds is 8. The number of carbonyl (C=O) groups is 2. The maximum absolute atomic E-state index is 12.5. The molecule has 8 heteroatoms. The van der Waals surface area contributed by atoms with Gasteiger partial charge in [-0.1, -0.05) is 30.3 Å². The average molecular weight is 413 g/mol. The summed E-state index contributed by atoms with van der Waals surface area (Å²) in [6.45, 7) is 0. The summed E-state index contributed by atoms with van der Waals surface area (Å²) in [5, 5.41) is 9.21. The highest BCUT2D eigenvalue weighted by molar-refractivity contribution is 6.14. The SMILES string of the molecule is COC(=O)C(=C/c1cc(OC)c(OC)c(OC)c1)/C(=C/c1ccccc1)C(=O)NO. The zero-order chi connectivity index (χ0) is 22.1. The zero-order valence-corrected chi connectivity index (χ0v) is 17.1. The van der Waals surface area contributed by atoms with Crippen molar-refractivity contribution in [3.05, 3.63) is 64.7 Å². The molecule has 8 nitrogen and oxygen atoms in total. The average Bonchev–Trinajstić information content (AvgIpc) is 2.79. The van der Waals surface area contributed by atoms with E-state index in [1.54, 1.807) is 41.9 Å². The van der Waals surface area contributed by atoms with E-state index in [-0.39, 0.29) is 11.1 Å². The maximum Gasteiger partial charge on any atom is 0.338 e. The van der Waals surface area contributed by atoms with Gasteiger partial charge in [-0.3, -0.25) is 10.0 Å². The monoisotopic (exact) mass is 413 g/mol. The molecule has 0 unspecified atom stereocenters. The molecular formula is C22H23NO7. The van der Waals surface area contributed by atoms with Gasteiger partial charge in [0, 0.05) is 0 Å². The van der Waals surface area contributed by atoms with E-state index in [2.05, 4.69) is 0 Å². The molecule has 1 amide bonds. The number of methoxy groups -OCH3 is 4. The predicted octanol–water partition coefficient (Wildman–Crippen LogP) is 2.86. The van der Waals surface area contributed by atoms with Crippen molar-refractivity contribution < 1.29 is 33.7 Å². The predicted molar refractivity (Wildman–Crippen MR) is 110 cm³/mol. The van der Waals surface area contributed by atoms with Gasteiger partial charge in [0.1, 0.15) is 0 Å². The molecule has 0 atom stereocenters. The van der Waals surface area contributed by atoms with Gasteiger partial charge in [-0.2, -0.15) is 0 Å². The molecule has 2 N–H and O–H groups in total. The van der Waals surface area contributed by atoms with Crippen molar-refractivity contribution in [1.82, 2.24) is 5.48 Å². The van der Waals surface area contributed by atoms with Gasteiger partial charge >= 0.3 is 5.97 Å². The number of nitrogens with one attached hydrogen (secondary N) is 1. The van der Waals surface area contributed by atoms with Gasteiger partial charge in [-0.05, 0) is 35.4 Å². The van der Waals surface area contributed by atoms with Gasteiger partial charge in [0.15, 0.2) is 11.5 Å². The fraction of sp³-hybridized carbons (Fsp3) is 0.182. The summed E-state index contributed by atoms with van der Waals surface area (Å²) in [5.74, 6) is -0.526. The number of esters is 1. The zero-order valence-electron chi connectivity index (χ0n) is 17.1. The van der Waals surface area contributed by atoms with Crippen molar-refractivity contribution in [1.29, 1.82) is 0 Å². The molecule has 0 aliphatic heterocycles. The van der Waals surface area contributed by atoms with Crippen molar-refractivity contribution in [3.8, 4) is 17.2 Å². The molecule has 30 heavy (non-hydrogen) atoms. The minimum absolute atomic E-state index is 0.0813. The molecule has 158 valence electrons. The first-order chi connectivity index (χ1) is 14.5. The molecule has 0 radical (unpaired) electrons. The van der Waals surface area contributed by atoms with E-state index in [0.717, 1.165) is 0 Å². The lowest BCUT2D eigenvalue weighted by Gasteiger charge is -2.14. The van der Waals surface area contributed by atoms with Crippen LogP contribution in [0.15, 0.2) is 53.6 Å². The van der Waals surface area contributed by atoms with Crippen LogP contribution in [-0.2, 0) is 14.3 Å². The number of carbonyl (C=O) groups excluding carboxylic acids is 2. The Bertz CT molecular complexity index is 940. The third-order valence-corrected chi connectivity index (χ3v) is 4.15. The number of benzene rings is 2. The summed E-state index contributed by atoms with van der Waals surface area (Å²) >= 11 is 0. The smallest absolute Gasteiger partial charge is 0.338 e. The van der Waals surface area contributed by atoms with Crippen LogP contribution in [0.4, 0.5) is 0 Å². The molecule has 2 rings (SSSR count). The van der Waals surface area contributed by atoms with Crippen LogP contribution in [0.2, 0.25) is 0 Å². The van der Waals surface area contributed by atoms with Crippen LogP contribution in [0, 0.1) is 0 Å². The normalized spacial score (nSPS) is 11.5. The van der Waals surface area contributed by atoms with E-state index >= 15 is 0 Å². The molecule has 0 aliphatic rings. The Balaban J connectivity index is 2.71. The Morgan fingerprint density at radius 1 is 0.833 bits per heavy atom. The highest BCUT2D eigenvalue weighted by Gasteiger charge is 2.22. The van der Waals surface area contributed by atoms with Crippen LogP contribution in [0.25, 0.3) is 12.2 Å². The standard InChI is InChI=1S/C22H23NO7/c1-27-18-12-15(13-19(28-2)20(18)29-3)11-17(22(25)30-4)16(21(24)23-26)10-14-8-6-5-7-9-14/h5-13,26H,1-4H3,(H,23,24)/b16-10-,17-11+. The first-order valence-electron chi connectivity index (χ1n) is 8.80. The Hall–Kier alpha value is -3.78. The molecule has 0 aromatic heterocycles. The fourth-order valence-corrected chi connectivity index (χ4v) is 2.75.